The predicted molar refractivity (Wildman–Crippen MR) is 87.3 cm³/mol. The maximum absolute atomic E-state index is 9.29. The average Bonchev–Trinajstić information content (AvgIpc) is 2.73. The van der Waals surface area contributed by atoms with E-state index in [9.17, 15) is 5.26 Å². The van der Waals surface area contributed by atoms with E-state index in [-0.39, 0.29) is 10.8 Å². The van der Waals surface area contributed by atoms with E-state index in [0.717, 1.165) is 24.3 Å². The van der Waals surface area contributed by atoms with Crippen LogP contribution in [0.25, 0.3) is 0 Å². The molecule has 0 saturated carbocycles. The molecule has 0 fully saturated rings. The monoisotopic (exact) mass is 289 g/mol. The van der Waals surface area contributed by atoms with Crippen LogP contribution in [0.4, 0.5) is 0 Å². The molecule has 0 aromatic rings. The van der Waals surface area contributed by atoms with Gasteiger partial charge in [-0.2, -0.15) is 5.26 Å². The smallest absolute Gasteiger partial charge is 0.145 e. The fourth-order valence-electron chi connectivity index (χ4n) is 3.11. The summed E-state index contributed by atoms with van der Waals surface area (Å²) in [6.45, 7) is 10.7. The Morgan fingerprint density at radius 2 is 1.85 bits per heavy atom. The largest absolute Gasteiger partial charge is 0.268 e. The highest BCUT2D eigenvalue weighted by molar-refractivity contribution is 8.13. The van der Waals surface area contributed by atoms with E-state index in [4.69, 9.17) is 4.99 Å². The van der Waals surface area contributed by atoms with E-state index >= 15 is 0 Å². The van der Waals surface area contributed by atoms with Gasteiger partial charge in [0.1, 0.15) is 5.54 Å². The molecule has 0 aromatic carbocycles. The second-order valence-electron chi connectivity index (χ2n) is 7.26. The summed E-state index contributed by atoms with van der Waals surface area (Å²) in [6, 6.07) is 2.33. The van der Waals surface area contributed by atoms with Crippen LogP contribution in [0, 0.1) is 22.2 Å². The summed E-state index contributed by atoms with van der Waals surface area (Å²) in [5.74, 6) is 0. The first-order valence-corrected chi connectivity index (χ1v) is 8.20. The van der Waals surface area contributed by atoms with Crippen LogP contribution in [0.1, 0.15) is 47.5 Å². The van der Waals surface area contributed by atoms with E-state index in [2.05, 4.69) is 51.1 Å². The molecule has 0 radical (unpaired) electrons. The Bertz CT molecular complexity index is 561. The van der Waals surface area contributed by atoms with Gasteiger partial charge in [-0.25, -0.2) is 0 Å². The Kier molecular flexibility index (Phi) is 3.62. The third-order valence-electron chi connectivity index (χ3n) is 4.03. The normalized spacial score (nSPS) is 33.0. The van der Waals surface area contributed by atoms with Crippen molar-refractivity contribution in [3.63, 3.8) is 0 Å². The minimum Gasteiger partial charge on any atom is -0.268 e. The SMILES string of the molecule is CSC1=N/C(=C/C2=NC(C)(C#N)CC2(C)C)CC1(C)C. The molecule has 0 spiro atoms. The van der Waals surface area contributed by atoms with Crippen LogP contribution in [-0.2, 0) is 0 Å². The molecule has 3 nitrogen and oxygen atoms in total. The maximum atomic E-state index is 9.29. The number of rotatable bonds is 1. The van der Waals surface area contributed by atoms with Crippen LogP contribution in [0.5, 0.6) is 0 Å². The van der Waals surface area contributed by atoms with Crippen molar-refractivity contribution < 1.29 is 0 Å². The molecule has 0 saturated heterocycles. The van der Waals surface area contributed by atoms with Crippen LogP contribution in [0.2, 0.25) is 0 Å². The number of hydrogen-bond donors (Lipinski definition) is 0. The highest BCUT2D eigenvalue weighted by Crippen LogP contribution is 2.42. The quantitative estimate of drug-likeness (QED) is 0.725. The van der Waals surface area contributed by atoms with Gasteiger partial charge in [-0.1, -0.05) is 27.7 Å². The summed E-state index contributed by atoms with van der Waals surface area (Å²) < 4.78 is 0. The molecule has 0 amide bonds. The van der Waals surface area contributed by atoms with Gasteiger partial charge in [-0.05, 0) is 25.7 Å². The average molecular weight is 289 g/mol. The topological polar surface area (TPSA) is 48.5 Å². The number of nitriles is 1. The summed E-state index contributed by atoms with van der Waals surface area (Å²) in [4.78, 5) is 9.40. The molecule has 2 aliphatic rings. The molecular formula is C16H23N3S. The Balaban J connectivity index is 2.36. The van der Waals surface area contributed by atoms with Crippen molar-refractivity contribution in [2.45, 2.75) is 53.0 Å². The maximum Gasteiger partial charge on any atom is 0.145 e. The van der Waals surface area contributed by atoms with Gasteiger partial charge >= 0.3 is 0 Å². The second kappa shape index (κ2) is 4.73. The molecule has 108 valence electrons. The Hall–Kier alpha value is -1.08. The number of thioether (sulfide) groups is 1. The van der Waals surface area contributed by atoms with Gasteiger partial charge in [-0.15, -0.1) is 11.8 Å². The number of nitrogens with zero attached hydrogens (tertiary/aromatic N) is 3. The predicted octanol–water partition coefficient (Wildman–Crippen LogP) is 4.21. The standard InChI is InChI=1S/C16H23N3S/c1-14(2)8-11(18-13(14)20-6)7-12-15(3,4)9-16(5,10-17)19-12/h7H,8-9H2,1-6H3/b11-7+. The lowest BCUT2D eigenvalue weighted by atomic mass is 9.80. The van der Waals surface area contributed by atoms with E-state index < -0.39 is 5.54 Å². The van der Waals surface area contributed by atoms with Crippen molar-refractivity contribution in [1.29, 1.82) is 5.26 Å². The van der Waals surface area contributed by atoms with Crippen LogP contribution in [-0.4, -0.2) is 22.6 Å². The summed E-state index contributed by atoms with van der Waals surface area (Å²) in [5.41, 5.74) is 1.58. The molecule has 0 bridgehead atoms. The van der Waals surface area contributed by atoms with Gasteiger partial charge in [0.25, 0.3) is 0 Å². The highest BCUT2D eigenvalue weighted by Gasteiger charge is 2.42. The molecule has 2 heterocycles. The molecule has 4 heteroatoms. The molecule has 2 rings (SSSR count). The van der Waals surface area contributed by atoms with Gasteiger partial charge in [0.2, 0.25) is 0 Å². The molecule has 1 atom stereocenters. The molecule has 20 heavy (non-hydrogen) atoms. The zero-order valence-electron chi connectivity index (χ0n) is 13.2. The zero-order valence-corrected chi connectivity index (χ0v) is 14.1. The Morgan fingerprint density at radius 1 is 1.20 bits per heavy atom. The van der Waals surface area contributed by atoms with Crippen molar-refractivity contribution in [2.75, 3.05) is 6.26 Å². The molecule has 0 aliphatic carbocycles. The van der Waals surface area contributed by atoms with E-state index in [1.165, 1.54) is 5.04 Å². The summed E-state index contributed by atoms with van der Waals surface area (Å²) in [5, 5.41) is 10.5. The summed E-state index contributed by atoms with van der Waals surface area (Å²) in [6.07, 6.45) is 5.90. The van der Waals surface area contributed by atoms with Crippen LogP contribution >= 0.6 is 11.8 Å². The first kappa shape index (κ1) is 15.3. The number of hydrogen-bond acceptors (Lipinski definition) is 4. The molecule has 1 unspecified atom stereocenters. The third kappa shape index (κ3) is 2.69. The van der Waals surface area contributed by atoms with Gasteiger partial charge in [0.05, 0.1) is 11.1 Å². The Morgan fingerprint density at radius 3 is 2.30 bits per heavy atom. The lowest BCUT2D eigenvalue weighted by Gasteiger charge is -2.20. The lowest BCUT2D eigenvalue weighted by Crippen LogP contribution is -2.23. The molecule has 0 aromatic heterocycles. The minimum atomic E-state index is -0.587. The molecular weight excluding hydrogens is 266 g/mol. The van der Waals surface area contributed by atoms with Crippen LogP contribution in [0.3, 0.4) is 0 Å². The van der Waals surface area contributed by atoms with Crippen molar-refractivity contribution in [3.8, 4) is 6.07 Å². The van der Waals surface area contributed by atoms with Gasteiger partial charge < -0.3 is 0 Å². The molecule has 2 aliphatic heterocycles. The second-order valence-corrected chi connectivity index (χ2v) is 8.06. The summed E-state index contributed by atoms with van der Waals surface area (Å²) in [7, 11) is 0. The van der Waals surface area contributed by atoms with E-state index in [0.29, 0.717) is 0 Å². The van der Waals surface area contributed by atoms with Crippen LogP contribution < -0.4 is 0 Å². The van der Waals surface area contributed by atoms with Crippen molar-refractivity contribution in [3.05, 3.63) is 11.8 Å². The van der Waals surface area contributed by atoms with Gasteiger partial charge in [-0.3, -0.25) is 9.98 Å². The van der Waals surface area contributed by atoms with E-state index in [1.54, 1.807) is 11.8 Å². The first-order valence-electron chi connectivity index (χ1n) is 6.97. The van der Waals surface area contributed by atoms with Crippen molar-refractivity contribution in [1.82, 2.24) is 0 Å². The van der Waals surface area contributed by atoms with Gasteiger partial charge in [0.15, 0.2) is 0 Å². The fraction of sp³-hybridized carbons (Fsp3) is 0.688. The van der Waals surface area contributed by atoms with Crippen molar-refractivity contribution >= 4 is 22.5 Å². The minimum absolute atomic E-state index is 0.0563. The fourth-order valence-corrected chi connectivity index (χ4v) is 3.95. The number of aliphatic imine (C=N–C) groups is 2. The lowest BCUT2D eigenvalue weighted by molar-refractivity contribution is 0.428. The van der Waals surface area contributed by atoms with E-state index in [1.807, 2.05) is 6.92 Å². The van der Waals surface area contributed by atoms with Gasteiger partial charge in [0, 0.05) is 28.7 Å². The number of allylic oxidation sites excluding steroid dienone is 2. The highest BCUT2D eigenvalue weighted by atomic mass is 32.2. The zero-order chi connectivity index (χ0) is 15.2. The molecule has 0 N–H and O–H groups in total. The van der Waals surface area contributed by atoms with Crippen molar-refractivity contribution in [2.24, 2.45) is 20.8 Å². The Labute approximate surface area is 126 Å². The third-order valence-corrected chi connectivity index (χ3v) is 5.06. The first-order chi connectivity index (χ1) is 9.12. The summed E-state index contributed by atoms with van der Waals surface area (Å²) >= 11 is 1.72. The van der Waals surface area contributed by atoms with Crippen LogP contribution in [0.15, 0.2) is 21.8 Å².